The van der Waals surface area contributed by atoms with Crippen LogP contribution in [0.4, 0.5) is 4.79 Å². The van der Waals surface area contributed by atoms with Gasteiger partial charge in [-0.15, -0.1) is 0 Å². The molecule has 6 nitrogen and oxygen atoms in total. The molecule has 1 rings (SSSR count). The Morgan fingerprint density at radius 2 is 2.05 bits per heavy atom. The number of hydrogen-bond acceptors (Lipinski definition) is 3. The topological polar surface area (TPSA) is 64.1 Å². The van der Waals surface area contributed by atoms with Crippen LogP contribution in [0.3, 0.4) is 0 Å². The number of carbonyl (C=O) groups excluding carboxylic acids is 1. The highest BCUT2D eigenvalue weighted by Gasteiger charge is 2.28. The summed E-state index contributed by atoms with van der Waals surface area (Å²) < 4.78 is 0. The molecular weight excluding hydrogens is 246 g/mol. The lowest BCUT2D eigenvalue weighted by atomic mass is 10.1. The molecule has 1 fully saturated rings. The summed E-state index contributed by atoms with van der Waals surface area (Å²) in [5.74, 6) is -1.41. The second-order valence-electron chi connectivity index (χ2n) is 5.39. The highest BCUT2D eigenvalue weighted by molar-refractivity contribution is 5.76. The van der Waals surface area contributed by atoms with Crippen LogP contribution in [0.15, 0.2) is 0 Å². The number of aliphatic carboxylic acids is 1. The predicted molar refractivity (Wildman–Crippen MR) is 73.1 cm³/mol. The molecule has 1 saturated heterocycles. The van der Waals surface area contributed by atoms with Gasteiger partial charge in [0, 0.05) is 39.3 Å². The fourth-order valence-corrected chi connectivity index (χ4v) is 2.37. The van der Waals surface area contributed by atoms with Crippen molar-refractivity contribution >= 4 is 12.0 Å². The maximum absolute atomic E-state index is 12.3. The molecule has 0 saturated carbocycles. The molecule has 19 heavy (non-hydrogen) atoms. The van der Waals surface area contributed by atoms with Crippen molar-refractivity contribution in [3.05, 3.63) is 0 Å². The van der Waals surface area contributed by atoms with E-state index in [1.54, 1.807) is 14.0 Å². The summed E-state index contributed by atoms with van der Waals surface area (Å²) in [5, 5.41) is 8.88. The first kappa shape index (κ1) is 15.8. The van der Waals surface area contributed by atoms with E-state index < -0.39 is 11.9 Å². The van der Waals surface area contributed by atoms with Crippen molar-refractivity contribution in [2.45, 2.75) is 26.3 Å². The molecule has 0 aliphatic carbocycles. The number of nitrogens with zero attached hydrogens (tertiary/aromatic N) is 3. The Labute approximate surface area is 115 Å². The molecule has 2 unspecified atom stereocenters. The molecule has 0 aromatic rings. The molecule has 110 valence electrons. The van der Waals surface area contributed by atoms with E-state index in [1.807, 2.05) is 4.90 Å². The molecule has 2 amide bonds. The van der Waals surface area contributed by atoms with Crippen LogP contribution in [0.5, 0.6) is 0 Å². The van der Waals surface area contributed by atoms with Crippen LogP contribution in [0, 0.1) is 5.92 Å². The quantitative estimate of drug-likeness (QED) is 0.821. The summed E-state index contributed by atoms with van der Waals surface area (Å²) in [4.78, 5) is 28.7. The van der Waals surface area contributed by atoms with E-state index >= 15 is 0 Å². The van der Waals surface area contributed by atoms with E-state index in [-0.39, 0.29) is 12.6 Å². The maximum Gasteiger partial charge on any atom is 0.319 e. The molecule has 2 atom stereocenters. The van der Waals surface area contributed by atoms with Gasteiger partial charge in [0.05, 0.1) is 5.92 Å². The van der Waals surface area contributed by atoms with Gasteiger partial charge in [-0.05, 0) is 13.5 Å². The third-order valence-corrected chi connectivity index (χ3v) is 3.81. The second-order valence-corrected chi connectivity index (χ2v) is 5.39. The standard InChI is InChI=1S/C13H25N3O3/c1-5-11-9-16(7-6-14(11)3)13(19)15(4)8-10(2)12(17)18/h10-11H,5-9H2,1-4H3,(H,17,18). The zero-order valence-corrected chi connectivity index (χ0v) is 12.3. The van der Waals surface area contributed by atoms with Crippen molar-refractivity contribution in [3.63, 3.8) is 0 Å². The smallest absolute Gasteiger partial charge is 0.319 e. The van der Waals surface area contributed by atoms with Crippen molar-refractivity contribution in [1.29, 1.82) is 0 Å². The molecule has 0 aromatic heterocycles. The zero-order chi connectivity index (χ0) is 14.6. The van der Waals surface area contributed by atoms with Gasteiger partial charge in [0.2, 0.25) is 0 Å². The number of carboxylic acid groups (broad SMARTS) is 1. The Kier molecular flexibility index (Phi) is 5.60. The SMILES string of the molecule is CCC1CN(C(=O)N(C)CC(C)C(=O)O)CCN1C. The highest BCUT2D eigenvalue weighted by atomic mass is 16.4. The molecule has 1 heterocycles. The Bertz CT molecular complexity index is 335. The van der Waals surface area contributed by atoms with Gasteiger partial charge in [-0.2, -0.15) is 0 Å². The monoisotopic (exact) mass is 271 g/mol. The highest BCUT2D eigenvalue weighted by Crippen LogP contribution is 2.12. The predicted octanol–water partition coefficient (Wildman–Crippen LogP) is 0.785. The summed E-state index contributed by atoms with van der Waals surface area (Å²) in [5.41, 5.74) is 0. The Morgan fingerprint density at radius 3 is 2.58 bits per heavy atom. The van der Waals surface area contributed by atoms with E-state index in [4.69, 9.17) is 5.11 Å². The summed E-state index contributed by atoms with van der Waals surface area (Å²) in [6.45, 7) is 6.27. The third-order valence-electron chi connectivity index (χ3n) is 3.81. The maximum atomic E-state index is 12.3. The van der Waals surface area contributed by atoms with Crippen LogP contribution < -0.4 is 0 Å². The van der Waals surface area contributed by atoms with E-state index in [9.17, 15) is 9.59 Å². The van der Waals surface area contributed by atoms with Gasteiger partial charge in [-0.25, -0.2) is 4.79 Å². The molecular formula is C13H25N3O3. The molecule has 1 aliphatic rings. The van der Waals surface area contributed by atoms with Gasteiger partial charge in [-0.1, -0.05) is 13.8 Å². The largest absolute Gasteiger partial charge is 0.481 e. The Balaban J connectivity index is 2.55. The van der Waals surface area contributed by atoms with E-state index in [0.717, 1.165) is 19.5 Å². The number of carboxylic acids is 1. The number of rotatable bonds is 4. The summed E-state index contributed by atoms with van der Waals surface area (Å²) in [6, 6.07) is 0.322. The van der Waals surface area contributed by atoms with Crippen molar-refractivity contribution in [2.24, 2.45) is 5.92 Å². The second kappa shape index (κ2) is 6.75. The number of likely N-dealkylation sites (N-methyl/N-ethyl adjacent to an activating group) is 1. The molecule has 0 aromatic carbocycles. The lowest BCUT2D eigenvalue weighted by molar-refractivity contribution is -0.141. The fourth-order valence-electron chi connectivity index (χ4n) is 2.37. The van der Waals surface area contributed by atoms with E-state index in [1.165, 1.54) is 4.90 Å². The van der Waals surface area contributed by atoms with Crippen molar-refractivity contribution in [3.8, 4) is 0 Å². The van der Waals surface area contributed by atoms with Crippen LogP contribution in [0.25, 0.3) is 0 Å². The third kappa shape index (κ3) is 4.09. The molecule has 0 radical (unpaired) electrons. The average Bonchev–Trinajstić information content (AvgIpc) is 2.38. The van der Waals surface area contributed by atoms with Crippen LogP contribution in [-0.4, -0.2) is 78.1 Å². The molecule has 1 aliphatic heterocycles. The Hall–Kier alpha value is -1.30. The molecule has 0 bridgehead atoms. The van der Waals surface area contributed by atoms with Crippen LogP contribution >= 0.6 is 0 Å². The fraction of sp³-hybridized carbons (Fsp3) is 0.846. The van der Waals surface area contributed by atoms with E-state index in [2.05, 4.69) is 18.9 Å². The van der Waals surface area contributed by atoms with Gasteiger partial charge >= 0.3 is 12.0 Å². The first-order valence-electron chi connectivity index (χ1n) is 6.79. The lowest BCUT2D eigenvalue weighted by Crippen LogP contribution is -2.56. The minimum atomic E-state index is -0.871. The van der Waals surface area contributed by atoms with Gasteiger partial charge in [0.1, 0.15) is 0 Å². The summed E-state index contributed by atoms with van der Waals surface area (Å²) in [7, 11) is 3.74. The molecule has 0 spiro atoms. The van der Waals surface area contributed by atoms with Crippen LogP contribution in [0.1, 0.15) is 20.3 Å². The van der Waals surface area contributed by atoms with Crippen molar-refractivity contribution in [1.82, 2.24) is 14.7 Å². The van der Waals surface area contributed by atoms with Crippen molar-refractivity contribution < 1.29 is 14.7 Å². The number of carbonyl (C=O) groups is 2. The van der Waals surface area contributed by atoms with Crippen LogP contribution in [0.2, 0.25) is 0 Å². The lowest BCUT2D eigenvalue weighted by Gasteiger charge is -2.40. The minimum absolute atomic E-state index is 0.0698. The van der Waals surface area contributed by atoms with Crippen LogP contribution in [-0.2, 0) is 4.79 Å². The first-order valence-corrected chi connectivity index (χ1v) is 6.79. The number of hydrogen-bond donors (Lipinski definition) is 1. The minimum Gasteiger partial charge on any atom is -0.481 e. The molecule has 6 heteroatoms. The van der Waals surface area contributed by atoms with Gasteiger partial charge in [0.25, 0.3) is 0 Å². The van der Waals surface area contributed by atoms with Crippen molar-refractivity contribution in [2.75, 3.05) is 40.3 Å². The normalized spacial score (nSPS) is 22.1. The average molecular weight is 271 g/mol. The van der Waals surface area contributed by atoms with Gasteiger partial charge in [0.15, 0.2) is 0 Å². The summed E-state index contributed by atoms with van der Waals surface area (Å²) in [6.07, 6.45) is 1.01. The van der Waals surface area contributed by atoms with E-state index in [0.29, 0.717) is 12.6 Å². The Morgan fingerprint density at radius 1 is 1.42 bits per heavy atom. The van der Waals surface area contributed by atoms with Gasteiger partial charge in [-0.3, -0.25) is 9.69 Å². The first-order chi connectivity index (χ1) is 8.86. The van der Waals surface area contributed by atoms with Gasteiger partial charge < -0.3 is 14.9 Å². The summed E-state index contributed by atoms with van der Waals surface area (Å²) >= 11 is 0. The molecule has 1 N–H and O–H groups in total. The number of amides is 2. The number of urea groups is 1. The zero-order valence-electron chi connectivity index (χ0n) is 12.3. The number of piperazine rings is 1.